The Balaban J connectivity index is 2.17. The van der Waals surface area contributed by atoms with E-state index in [1.165, 1.54) is 31.2 Å². The van der Waals surface area contributed by atoms with Gasteiger partial charge in [0.25, 0.3) is 0 Å². The highest BCUT2D eigenvalue weighted by molar-refractivity contribution is 7.80. The third-order valence-corrected chi connectivity index (χ3v) is 6.48. The Kier molecular flexibility index (Phi) is 11.6. The number of esters is 1. The van der Waals surface area contributed by atoms with Gasteiger partial charge in [-0.25, -0.2) is 4.79 Å². The summed E-state index contributed by atoms with van der Waals surface area (Å²) in [5.41, 5.74) is 1.79. The number of carbonyl (C=O) groups excluding carboxylic acids is 1. The van der Waals surface area contributed by atoms with Crippen LogP contribution >= 0.6 is 23.6 Å². The summed E-state index contributed by atoms with van der Waals surface area (Å²) in [5, 5.41) is 4.87. The zero-order valence-corrected chi connectivity index (χ0v) is 20.7. The zero-order valence-electron chi connectivity index (χ0n) is 19.1. The number of ether oxygens (including phenoxy) is 1. The van der Waals surface area contributed by atoms with Crippen molar-refractivity contribution in [3.8, 4) is 0 Å². The molecule has 2 rings (SSSR count). The molecule has 1 aromatic carbocycles. The third kappa shape index (κ3) is 8.62. The van der Waals surface area contributed by atoms with E-state index < -0.39 is 0 Å². The van der Waals surface area contributed by atoms with Crippen molar-refractivity contribution in [2.24, 2.45) is 0 Å². The molecule has 0 fully saturated rings. The average molecular weight is 461 g/mol. The van der Waals surface area contributed by atoms with E-state index in [9.17, 15) is 4.79 Å². The Bertz CT molecular complexity index is 795. The summed E-state index contributed by atoms with van der Waals surface area (Å²) >= 11 is 7.36. The van der Waals surface area contributed by atoms with Crippen LogP contribution in [0.3, 0.4) is 0 Å². The molecular formula is C25H36N2O2S2. The molecule has 0 amide bonds. The maximum atomic E-state index is 12.6. The number of unbranched alkanes of at least 4 members (excludes halogenated alkanes) is 4. The number of anilines is 1. The number of hydrogen-bond donors (Lipinski definition) is 1. The van der Waals surface area contributed by atoms with Crippen LogP contribution in [0.1, 0.15) is 80.1 Å². The molecule has 170 valence electrons. The van der Waals surface area contributed by atoms with E-state index >= 15 is 0 Å². The Morgan fingerprint density at radius 3 is 2.26 bits per heavy atom. The Labute approximate surface area is 197 Å². The molecule has 0 aliphatic rings. The number of nitrogens with one attached hydrogen (secondary N) is 1. The van der Waals surface area contributed by atoms with Gasteiger partial charge in [0.05, 0.1) is 12.2 Å². The van der Waals surface area contributed by atoms with Crippen LogP contribution in [-0.2, 0) is 11.2 Å². The van der Waals surface area contributed by atoms with Gasteiger partial charge >= 0.3 is 5.97 Å². The molecule has 0 spiro atoms. The van der Waals surface area contributed by atoms with E-state index in [1.54, 1.807) is 11.3 Å². The zero-order chi connectivity index (χ0) is 22.5. The van der Waals surface area contributed by atoms with Crippen molar-refractivity contribution in [1.82, 2.24) is 4.90 Å². The fourth-order valence-electron chi connectivity index (χ4n) is 3.38. The van der Waals surface area contributed by atoms with Crippen LogP contribution in [0.4, 0.5) is 5.00 Å². The van der Waals surface area contributed by atoms with Gasteiger partial charge in [-0.3, -0.25) is 0 Å². The molecule has 2 aromatic rings. The highest BCUT2D eigenvalue weighted by Gasteiger charge is 2.20. The van der Waals surface area contributed by atoms with E-state index in [0.29, 0.717) is 17.3 Å². The van der Waals surface area contributed by atoms with E-state index in [0.717, 1.165) is 42.2 Å². The van der Waals surface area contributed by atoms with Gasteiger partial charge in [0, 0.05) is 24.4 Å². The van der Waals surface area contributed by atoms with Gasteiger partial charge in [0.15, 0.2) is 5.11 Å². The van der Waals surface area contributed by atoms with Crippen LogP contribution < -0.4 is 5.32 Å². The lowest BCUT2D eigenvalue weighted by molar-refractivity contribution is 0.0528. The molecule has 0 atom stereocenters. The van der Waals surface area contributed by atoms with Crippen molar-refractivity contribution < 1.29 is 9.53 Å². The molecule has 0 bridgehead atoms. The van der Waals surface area contributed by atoms with Crippen LogP contribution in [0, 0.1) is 0 Å². The smallest absolute Gasteiger partial charge is 0.341 e. The van der Waals surface area contributed by atoms with Crippen LogP contribution in [0.5, 0.6) is 0 Å². The van der Waals surface area contributed by atoms with Crippen molar-refractivity contribution in [2.45, 2.75) is 65.7 Å². The predicted octanol–water partition coefficient (Wildman–Crippen LogP) is 6.89. The van der Waals surface area contributed by atoms with E-state index in [2.05, 4.69) is 36.2 Å². The lowest BCUT2D eigenvalue weighted by Crippen LogP contribution is -2.36. The van der Waals surface area contributed by atoms with Crippen LogP contribution in [0.2, 0.25) is 0 Å². The largest absolute Gasteiger partial charge is 0.462 e. The monoisotopic (exact) mass is 460 g/mol. The summed E-state index contributed by atoms with van der Waals surface area (Å²) < 4.78 is 5.30. The molecule has 0 aliphatic carbocycles. The molecule has 0 saturated heterocycles. The summed E-state index contributed by atoms with van der Waals surface area (Å²) in [6.07, 6.45) is 7.79. The molecule has 31 heavy (non-hydrogen) atoms. The molecule has 0 radical (unpaired) electrons. The van der Waals surface area contributed by atoms with Gasteiger partial charge in [-0.05, 0) is 43.6 Å². The third-order valence-electron chi connectivity index (χ3n) is 5.07. The number of carbonyl (C=O) groups is 1. The molecule has 0 saturated carbocycles. The van der Waals surface area contributed by atoms with Crippen LogP contribution in [0.25, 0.3) is 0 Å². The van der Waals surface area contributed by atoms with Crippen molar-refractivity contribution >= 4 is 39.6 Å². The van der Waals surface area contributed by atoms with Gasteiger partial charge in [-0.2, -0.15) is 0 Å². The van der Waals surface area contributed by atoms with Gasteiger partial charge < -0.3 is 15.0 Å². The van der Waals surface area contributed by atoms with Crippen LogP contribution in [0.15, 0.2) is 36.4 Å². The first kappa shape index (κ1) is 25.3. The molecular weight excluding hydrogens is 424 g/mol. The maximum Gasteiger partial charge on any atom is 0.341 e. The molecule has 1 N–H and O–H groups in total. The van der Waals surface area contributed by atoms with Gasteiger partial charge in [0.2, 0.25) is 0 Å². The second-order valence-electron chi connectivity index (χ2n) is 7.67. The molecule has 0 unspecified atom stereocenters. The van der Waals surface area contributed by atoms with Gasteiger partial charge in [-0.15, -0.1) is 11.3 Å². The Morgan fingerprint density at radius 1 is 1.03 bits per heavy atom. The quantitative estimate of drug-likeness (QED) is 0.200. The normalized spacial score (nSPS) is 10.7. The van der Waals surface area contributed by atoms with Crippen molar-refractivity contribution in [1.29, 1.82) is 0 Å². The van der Waals surface area contributed by atoms with Crippen molar-refractivity contribution in [3.05, 3.63) is 52.4 Å². The van der Waals surface area contributed by atoms with E-state index in [1.807, 2.05) is 31.2 Å². The summed E-state index contributed by atoms with van der Waals surface area (Å²) in [5.74, 6) is -0.299. The number of hydrogen-bond acceptors (Lipinski definition) is 4. The minimum atomic E-state index is -0.299. The lowest BCUT2D eigenvalue weighted by atomic mass is 10.1. The van der Waals surface area contributed by atoms with Gasteiger partial charge in [-0.1, -0.05) is 69.9 Å². The number of thiophene rings is 1. The van der Waals surface area contributed by atoms with E-state index in [4.69, 9.17) is 17.0 Å². The topological polar surface area (TPSA) is 41.6 Å². The minimum Gasteiger partial charge on any atom is -0.462 e. The van der Waals surface area contributed by atoms with Crippen molar-refractivity contribution in [2.75, 3.05) is 25.0 Å². The number of nitrogens with zero attached hydrogens (tertiary/aromatic N) is 1. The average Bonchev–Trinajstić information content (AvgIpc) is 3.15. The first-order valence-electron chi connectivity index (χ1n) is 11.5. The lowest BCUT2D eigenvalue weighted by Gasteiger charge is -2.26. The Hall–Kier alpha value is -1.92. The summed E-state index contributed by atoms with van der Waals surface area (Å²) in [7, 11) is 0. The molecule has 4 nitrogen and oxygen atoms in total. The summed E-state index contributed by atoms with van der Waals surface area (Å²) in [6, 6.07) is 12.2. The summed E-state index contributed by atoms with van der Waals surface area (Å²) in [4.78, 5) is 16.0. The second-order valence-corrected chi connectivity index (χ2v) is 9.19. The molecule has 1 aromatic heterocycles. The van der Waals surface area contributed by atoms with E-state index in [-0.39, 0.29) is 5.97 Å². The first-order valence-corrected chi connectivity index (χ1v) is 12.7. The SMILES string of the molecule is CCCCCN(CCCCC)C(=S)Nc1sc(Cc2ccccc2)cc1C(=O)OCC. The molecule has 0 aliphatic heterocycles. The maximum absolute atomic E-state index is 12.6. The molecule has 1 heterocycles. The fourth-order valence-corrected chi connectivity index (χ4v) is 4.80. The predicted molar refractivity (Wildman–Crippen MR) is 136 cm³/mol. The second kappa shape index (κ2) is 14.2. The number of benzene rings is 1. The summed E-state index contributed by atoms with van der Waals surface area (Å²) in [6.45, 7) is 8.50. The first-order chi connectivity index (χ1) is 15.1. The highest BCUT2D eigenvalue weighted by Crippen LogP contribution is 2.31. The number of thiocarbonyl (C=S) groups is 1. The molecule has 6 heteroatoms. The number of rotatable bonds is 13. The van der Waals surface area contributed by atoms with Gasteiger partial charge in [0.1, 0.15) is 5.00 Å². The van der Waals surface area contributed by atoms with Crippen LogP contribution in [-0.4, -0.2) is 35.7 Å². The minimum absolute atomic E-state index is 0.299. The Morgan fingerprint density at radius 2 is 1.68 bits per heavy atom. The standard InChI is InChI=1S/C25H36N2O2S2/c1-4-7-12-16-27(17-13-8-5-2)25(30)26-23-22(24(28)29-6-3)19-21(31-23)18-20-14-10-9-11-15-20/h9-11,14-15,19H,4-8,12-13,16-18H2,1-3H3,(H,26,30). The fraction of sp³-hybridized carbons (Fsp3) is 0.520. The highest BCUT2D eigenvalue weighted by atomic mass is 32.1. The van der Waals surface area contributed by atoms with Crippen molar-refractivity contribution in [3.63, 3.8) is 0 Å².